The van der Waals surface area contributed by atoms with E-state index >= 15 is 0 Å². The van der Waals surface area contributed by atoms with Gasteiger partial charge in [-0.2, -0.15) is 0 Å². The van der Waals surface area contributed by atoms with Gasteiger partial charge in [0.25, 0.3) is 0 Å². The number of allylic oxidation sites excluding steroid dienone is 6. The molecule has 0 heteroatoms. The standard InChI is InChI=1S/C9H10.C9H14.2C2H6/c1-8(2)9-6-4-3-5-7-9;1-5-6-7-9(4)8(2)3;2*1-2/h3-7H,1H2,2H3;5-7H,1H2,2-4H3;2*1-2H3/b;7-6-;;. The van der Waals surface area contributed by atoms with Gasteiger partial charge in [0, 0.05) is 0 Å². The molecule has 0 heterocycles. The first-order valence-corrected chi connectivity index (χ1v) is 8.13. The Balaban J connectivity index is -0.000000267. The van der Waals surface area contributed by atoms with Crippen LogP contribution in [0.15, 0.2) is 72.9 Å². The zero-order chi connectivity index (χ0) is 18.0. The highest BCUT2D eigenvalue weighted by Gasteiger charge is 1.86. The van der Waals surface area contributed by atoms with Gasteiger partial charge in [-0.05, 0) is 33.3 Å². The van der Waals surface area contributed by atoms with E-state index in [2.05, 4.69) is 52.1 Å². The highest BCUT2D eigenvalue weighted by Crippen LogP contribution is 2.08. The molecule has 22 heavy (non-hydrogen) atoms. The monoisotopic (exact) mass is 300 g/mol. The molecule has 0 fully saturated rings. The quantitative estimate of drug-likeness (QED) is 0.498. The van der Waals surface area contributed by atoms with E-state index in [-0.39, 0.29) is 0 Å². The van der Waals surface area contributed by atoms with Crippen molar-refractivity contribution in [1.82, 2.24) is 0 Å². The number of hydrogen-bond donors (Lipinski definition) is 0. The Bertz CT molecular complexity index is 426. The van der Waals surface area contributed by atoms with Crippen molar-refractivity contribution in [3.05, 3.63) is 78.4 Å². The first kappa shape index (κ1) is 25.2. The lowest BCUT2D eigenvalue weighted by Gasteiger charge is -1.94. The van der Waals surface area contributed by atoms with Crippen molar-refractivity contribution in [1.29, 1.82) is 0 Å². The van der Waals surface area contributed by atoms with E-state index in [1.54, 1.807) is 6.08 Å². The normalized spacial score (nSPS) is 8.18. The summed E-state index contributed by atoms with van der Waals surface area (Å²) < 4.78 is 0. The third-order valence-corrected chi connectivity index (χ3v) is 2.54. The maximum Gasteiger partial charge on any atom is -0.0233 e. The predicted octanol–water partition coefficient (Wildman–Crippen LogP) is 7.86. The van der Waals surface area contributed by atoms with Crippen LogP contribution in [0, 0.1) is 0 Å². The first-order valence-electron chi connectivity index (χ1n) is 8.13. The van der Waals surface area contributed by atoms with E-state index in [0.717, 1.165) is 5.57 Å². The number of hydrogen-bond acceptors (Lipinski definition) is 0. The Morgan fingerprint density at radius 1 is 0.864 bits per heavy atom. The average Bonchev–Trinajstić information content (AvgIpc) is 2.57. The summed E-state index contributed by atoms with van der Waals surface area (Å²) in [6, 6.07) is 10.2. The Morgan fingerprint density at radius 2 is 1.32 bits per heavy atom. The topological polar surface area (TPSA) is 0 Å². The van der Waals surface area contributed by atoms with Crippen molar-refractivity contribution in [2.75, 3.05) is 0 Å². The average molecular weight is 301 g/mol. The van der Waals surface area contributed by atoms with Crippen LogP contribution < -0.4 is 0 Å². The fraction of sp³-hybridized carbons (Fsp3) is 0.364. The van der Waals surface area contributed by atoms with Crippen LogP contribution in [-0.4, -0.2) is 0 Å². The fourth-order valence-electron chi connectivity index (χ4n) is 1.10. The maximum absolute atomic E-state index is 3.83. The third-order valence-electron chi connectivity index (χ3n) is 2.54. The summed E-state index contributed by atoms with van der Waals surface area (Å²) in [4.78, 5) is 0. The summed E-state index contributed by atoms with van der Waals surface area (Å²) in [5, 5.41) is 0. The molecule has 0 radical (unpaired) electrons. The van der Waals surface area contributed by atoms with Crippen LogP contribution in [0.3, 0.4) is 0 Å². The molecule has 0 aliphatic heterocycles. The molecule has 0 saturated carbocycles. The first-order chi connectivity index (χ1) is 10.5. The summed E-state index contributed by atoms with van der Waals surface area (Å²) in [5.41, 5.74) is 5.01. The Hall–Kier alpha value is -1.82. The summed E-state index contributed by atoms with van der Waals surface area (Å²) in [7, 11) is 0. The van der Waals surface area contributed by atoms with Crippen LogP contribution in [0.1, 0.15) is 61.0 Å². The van der Waals surface area contributed by atoms with E-state index in [1.165, 1.54) is 16.7 Å². The van der Waals surface area contributed by atoms with Gasteiger partial charge >= 0.3 is 0 Å². The molecule has 1 aromatic carbocycles. The molecule has 0 aliphatic carbocycles. The molecule has 0 bridgehead atoms. The minimum atomic E-state index is 1.12. The lowest BCUT2D eigenvalue weighted by atomic mass is 10.1. The predicted molar refractivity (Wildman–Crippen MR) is 107 cm³/mol. The van der Waals surface area contributed by atoms with Crippen LogP contribution >= 0.6 is 0 Å². The second kappa shape index (κ2) is 19.2. The number of rotatable bonds is 3. The molecule has 0 nitrogen and oxygen atoms in total. The van der Waals surface area contributed by atoms with Crippen molar-refractivity contribution in [3.8, 4) is 0 Å². The van der Waals surface area contributed by atoms with E-state index in [0.29, 0.717) is 0 Å². The zero-order valence-corrected chi connectivity index (χ0v) is 16.0. The minimum Gasteiger partial charge on any atom is -0.0991 e. The Labute approximate surface area is 140 Å². The second-order valence-corrected chi connectivity index (χ2v) is 4.42. The summed E-state index contributed by atoms with van der Waals surface area (Å²) in [5.74, 6) is 0. The van der Waals surface area contributed by atoms with Gasteiger partial charge in [0.15, 0.2) is 0 Å². The van der Waals surface area contributed by atoms with Gasteiger partial charge in [0.05, 0.1) is 0 Å². The summed E-state index contributed by atoms with van der Waals surface area (Å²) >= 11 is 0. The maximum atomic E-state index is 3.83. The van der Waals surface area contributed by atoms with E-state index in [4.69, 9.17) is 0 Å². The third kappa shape index (κ3) is 16.2. The van der Waals surface area contributed by atoms with Crippen LogP contribution in [0.4, 0.5) is 0 Å². The van der Waals surface area contributed by atoms with Crippen molar-refractivity contribution in [2.45, 2.75) is 55.4 Å². The van der Waals surface area contributed by atoms with Crippen molar-refractivity contribution >= 4 is 5.57 Å². The molecule has 0 aromatic heterocycles. The smallest absolute Gasteiger partial charge is 0.0233 e. The van der Waals surface area contributed by atoms with E-state index < -0.39 is 0 Å². The van der Waals surface area contributed by atoms with Gasteiger partial charge in [-0.1, -0.05) is 106 Å². The van der Waals surface area contributed by atoms with Crippen LogP contribution in [0.2, 0.25) is 0 Å². The summed E-state index contributed by atoms with van der Waals surface area (Å²) in [6.07, 6.45) is 5.79. The molecular weight excluding hydrogens is 264 g/mol. The molecule has 124 valence electrons. The molecule has 0 N–H and O–H groups in total. The molecule has 0 unspecified atom stereocenters. The zero-order valence-electron chi connectivity index (χ0n) is 16.0. The van der Waals surface area contributed by atoms with Crippen molar-refractivity contribution in [3.63, 3.8) is 0 Å². The van der Waals surface area contributed by atoms with Gasteiger partial charge < -0.3 is 0 Å². The van der Waals surface area contributed by atoms with Crippen LogP contribution in [-0.2, 0) is 0 Å². The van der Waals surface area contributed by atoms with Crippen LogP contribution in [0.25, 0.3) is 5.57 Å². The van der Waals surface area contributed by atoms with Gasteiger partial charge in [-0.3, -0.25) is 0 Å². The molecule has 1 rings (SSSR count). The Morgan fingerprint density at radius 3 is 1.59 bits per heavy atom. The largest absolute Gasteiger partial charge is 0.0991 e. The molecule has 0 amide bonds. The molecule has 1 aromatic rings. The Kier molecular flexibility index (Phi) is 21.9. The minimum absolute atomic E-state index is 1.12. The van der Waals surface area contributed by atoms with Crippen molar-refractivity contribution < 1.29 is 0 Å². The number of benzene rings is 1. The molecule has 0 aliphatic rings. The van der Waals surface area contributed by atoms with Gasteiger partial charge in [-0.25, -0.2) is 0 Å². The highest BCUT2D eigenvalue weighted by molar-refractivity contribution is 5.60. The fourth-order valence-corrected chi connectivity index (χ4v) is 1.10. The highest BCUT2D eigenvalue weighted by atomic mass is 13.9. The van der Waals surface area contributed by atoms with Gasteiger partial charge in [0.2, 0.25) is 0 Å². The second-order valence-electron chi connectivity index (χ2n) is 4.42. The van der Waals surface area contributed by atoms with Gasteiger partial charge in [0.1, 0.15) is 0 Å². The van der Waals surface area contributed by atoms with Crippen molar-refractivity contribution in [2.24, 2.45) is 0 Å². The lowest BCUT2D eigenvalue weighted by Crippen LogP contribution is -1.72. The van der Waals surface area contributed by atoms with E-state index in [1.807, 2.05) is 58.9 Å². The lowest BCUT2D eigenvalue weighted by molar-refractivity contribution is 1.29. The molecule has 0 atom stereocenters. The molecule has 0 spiro atoms. The SMILES string of the molecule is C=C(C)c1ccccc1.C=C/C=C\C(C)=C(C)C.CC.CC. The van der Waals surface area contributed by atoms with Gasteiger partial charge in [-0.15, -0.1) is 0 Å². The van der Waals surface area contributed by atoms with Crippen LogP contribution in [0.5, 0.6) is 0 Å². The summed E-state index contributed by atoms with van der Waals surface area (Å²) in [6.45, 7) is 23.7. The molecule has 0 saturated heterocycles. The van der Waals surface area contributed by atoms with E-state index in [9.17, 15) is 0 Å². The molecular formula is C22H36.